The molecule has 1 saturated carbocycles. The van der Waals surface area contributed by atoms with Gasteiger partial charge in [-0.15, -0.1) is 0 Å². The minimum atomic E-state index is -0.447. The Morgan fingerprint density at radius 3 is 2.77 bits per heavy atom. The Morgan fingerprint density at radius 2 is 2.09 bits per heavy atom. The summed E-state index contributed by atoms with van der Waals surface area (Å²) in [4.78, 5) is 30.7. The van der Waals surface area contributed by atoms with Crippen molar-refractivity contribution in [2.45, 2.75) is 25.7 Å². The molecule has 2 heterocycles. The predicted octanol–water partition coefficient (Wildman–Crippen LogP) is 1.83. The maximum Gasteiger partial charge on any atom is 0.311 e. The number of anilines is 1. The Morgan fingerprint density at radius 1 is 1.32 bits per heavy atom. The summed E-state index contributed by atoms with van der Waals surface area (Å²) >= 11 is 0. The van der Waals surface area contributed by atoms with Gasteiger partial charge < -0.3 is 9.80 Å². The lowest BCUT2D eigenvalue weighted by Gasteiger charge is -2.35. The van der Waals surface area contributed by atoms with E-state index in [9.17, 15) is 14.9 Å². The molecule has 2 aliphatic rings. The van der Waals surface area contributed by atoms with Gasteiger partial charge in [-0.1, -0.05) is 12.8 Å². The predicted molar refractivity (Wildman–Crippen MR) is 81.6 cm³/mol. The van der Waals surface area contributed by atoms with Crippen LogP contribution in [0.15, 0.2) is 18.3 Å². The van der Waals surface area contributed by atoms with E-state index in [0.717, 1.165) is 6.54 Å². The van der Waals surface area contributed by atoms with Crippen LogP contribution in [0.5, 0.6) is 0 Å². The highest BCUT2D eigenvalue weighted by Crippen LogP contribution is 2.28. The van der Waals surface area contributed by atoms with Gasteiger partial charge in [0.1, 0.15) is 0 Å². The summed E-state index contributed by atoms with van der Waals surface area (Å²) in [6.07, 6.45) is 6.47. The smallest absolute Gasteiger partial charge is 0.311 e. The van der Waals surface area contributed by atoms with E-state index in [4.69, 9.17) is 0 Å². The van der Waals surface area contributed by atoms with E-state index in [1.165, 1.54) is 37.9 Å². The van der Waals surface area contributed by atoms with Crippen molar-refractivity contribution < 1.29 is 9.72 Å². The second kappa shape index (κ2) is 6.29. The van der Waals surface area contributed by atoms with Crippen LogP contribution in [0, 0.1) is 16.0 Å². The molecule has 0 aromatic carbocycles. The molecule has 118 valence electrons. The molecule has 0 bridgehead atoms. The number of piperazine rings is 1. The Hall–Kier alpha value is -2.18. The Labute approximate surface area is 129 Å². The van der Waals surface area contributed by atoms with E-state index < -0.39 is 4.92 Å². The summed E-state index contributed by atoms with van der Waals surface area (Å²) in [5.74, 6) is 0.958. The van der Waals surface area contributed by atoms with E-state index in [1.54, 1.807) is 11.0 Å². The van der Waals surface area contributed by atoms with Crippen LogP contribution >= 0.6 is 0 Å². The number of aromatic nitrogens is 1. The van der Waals surface area contributed by atoms with Crippen molar-refractivity contribution >= 4 is 17.4 Å². The van der Waals surface area contributed by atoms with Crippen molar-refractivity contribution in [2.24, 2.45) is 5.92 Å². The van der Waals surface area contributed by atoms with Crippen molar-refractivity contribution in [3.8, 4) is 0 Å². The third kappa shape index (κ3) is 3.03. The third-order valence-corrected chi connectivity index (χ3v) is 4.53. The van der Waals surface area contributed by atoms with Crippen LogP contribution in [-0.2, 0) is 4.79 Å². The van der Waals surface area contributed by atoms with Crippen molar-refractivity contribution in [1.82, 2.24) is 9.88 Å². The van der Waals surface area contributed by atoms with Crippen LogP contribution in [0.2, 0.25) is 0 Å². The summed E-state index contributed by atoms with van der Waals surface area (Å²) in [5.41, 5.74) is -0.0421. The van der Waals surface area contributed by atoms with Gasteiger partial charge in [0.25, 0.3) is 0 Å². The van der Waals surface area contributed by atoms with Gasteiger partial charge in [-0.2, -0.15) is 0 Å². The lowest BCUT2D eigenvalue weighted by Crippen LogP contribution is -2.51. The number of carbonyl (C=O) groups is 1. The zero-order valence-electron chi connectivity index (χ0n) is 12.5. The van der Waals surface area contributed by atoms with Gasteiger partial charge in [0.2, 0.25) is 11.7 Å². The van der Waals surface area contributed by atoms with Gasteiger partial charge in [-0.3, -0.25) is 14.9 Å². The van der Waals surface area contributed by atoms with Gasteiger partial charge in [0, 0.05) is 31.9 Å². The first kappa shape index (κ1) is 14.7. The monoisotopic (exact) mass is 304 g/mol. The first-order valence-electron chi connectivity index (χ1n) is 7.77. The molecule has 0 N–H and O–H groups in total. The molecular formula is C15H20N4O3. The zero-order valence-corrected chi connectivity index (χ0v) is 12.5. The highest BCUT2D eigenvalue weighted by Gasteiger charge is 2.30. The molecule has 22 heavy (non-hydrogen) atoms. The van der Waals surface area contributed by atoms with Gasteiger partial charge in [0.05, 0.1) is 11.5 Å². The topological polar surface area (TPSA) is 79.6 Å². The van der Waals surface area contributed by atoms with E-state index in [0.29, 0.717) is 24.8 Å². The highest BCUT2D eigenvalue weighted by atomic mass is 16.6. The van der Waals surface area contributed by atoms with Crippen LogP contribution in [0.3, 0.4) is 0 Å². The van der Waals surface area contributed by atoms with Crippen molar-refractivity contribution in [1.29, 1.82) is 0 Å². The molecule has 1 aromatic rings. The molecule has 2 fully saturated rings. The first-order chi connectivity index (χ1) is 10.6. The lowest BCUT2D eigenvalue weighted by atomic mass is 10.1. The fourth-order valence-corrected chi connectivity index (χ4v) is 3.36. The van der Waals surface area contributed by atoms with E-state index >= 15 is 0 Å². The van der Waals surface area contributed by atoms with Crippen molar-refractivity contribution in [3.05, 3.63) is 28.4 Å². The summed E-state index contributed by atoms with van der Waals surface area (Å²) in [7, 11) is 0. The Balaban J connectivity index is 1.67. The SMILES string of the molecule is O=C1CN(c2ncccc2[N+](=O)[O-])CCN1CC1CCCC1. The number of amides is 1. The van der Waals surface area contributed by atoms with Gasteiger partial charge >= 0.3 is 5.69 Å². The fourth-order valence-electron chi connectivity index (χ4n) is 3.36. The van der Waals surface area contributed by atoms with E-state index in [1.807, 2.05) is 4.90 Å². The molecule has 7 heteroatoms. The molecule has 1 saturated heterocycles. The van der Waals surface area contributed by atoms with Crippen LogP contribution < -0.4 is 4.90 Å². The summed E-state index contributed by atoms with van der Waals surface area (Å²) in [6.45, 7) is 2.21. The average Bonchev–Trinajstić information content (AvgIpc) is 3.02. The highest BCUT2D eigenvalue weighted by molar-refractivity contribution is 5.83. The second-order valence-corrected chi connectivity index (χ2v) is 6.02. The Kier molecular flexibility index (Phi) is 4.22. The maximum absolute atomic E-state index is 12.3. The maximum atomic E-state index is 12.3. The molecule has 0 atom stereocenters. The zero-order chi connectivity index (χ0) is 15.5. The number of nitrogens with zero attached hydrogens (tertiary/aromatic N) is 4. The summed E-state index contributed by atoms with van der Waals surface area (Å²) in [6, 6.07) is 2.97. The number of hydrogen-bond acceptors (Lipinski definition) is 5. The quantitative estimate of drug-likeness (QED) is 0.626. The van der Waals surface area contributed by atoms with Crippen LogP contribution in [-0.4, -0.2) is 46.9 Å². The molecule has 3 rings (SSSR count). The summed E-state index contributed by atoms with van der Waals surface area (Å²) in [5, 5.41) is 11.1. The van der Waals surface area contributed by atoms with Crippen LogP contribution in [0.4, 0.5) is 11.5 Å². The second-order valence-electron chi connectivity index (χ2n) is 6.02. The lowest BCUT2D eigenvalue weighted by molar-refractivity contribution is -0.384. The van der Waals surface area contributed by atoms with Gasteiger partial charge in [0.15, 0.2) is 0 Å². The largest absolute Gasteiger partial charge is 0.340 e. The molecular weight excluding hydrogens is 284 g/mol. The minimum Gasteiger partial charge on any atom is -0.340 e. The number of hydrogen-bond donors (Lipinski definition) is 0. The number of pyridine rings is 1. The molecule has 7 nitrogen and oxygen atoms in total. The van der Waals surface area contributed by atoms with Gasteiger partial charge in [-0.25, -0.2) is 4.98 Å². The molecule has 0 radical (unpaired) electrons. The fraction of sp³-hybridized carbons (Fsp3) is 0.600. The molecule has 0 spiro atoms. The molecule has 1 aliphatic heterocycles. The molecule has 1 aromatic heterocycles. The first-order valence-corrected chi connectivity index (χ1v) is 7.77. The Bertz CT molecular complexity index is 572. The average molecular weight is 304 g/mol. The van der Waals surface area contributed by atoms with Gasteiger partial charge in [-0.05, 0) is 24.8 Å². The summed E-state index contributed by atoms with van der Waals surface area (Å²) < 4.78 is 0. The van der Waals surface area contributed by atoms with Crippen LogP contribution in [0.25, 0.3) is 0 Å². The molecule has 0 unspecified atom stereocenters. The number of carbonyl (C=O) groups excluding carboxylic acids is 1. The minimum absolute atomic E-state index is 0.0399. The number of nitro groups is 1. The van der Waals surface area contributed by atoms with Crippen LogP contribution in [0.1, 0.15) is 25.7 Å². The van der Waals surface area contributed by atoms with Crippen molar-refractivity contribution in [3.63, 3.8) is 0 Å². The normalized spacial score (nSPS) is 19.7. The standard InChI is InChI=1S/C15H20N4O3/c20-14-11-18(15-13(19(21)22)6-3-7-16-15)9-8-17(14)10-12-4-1-2-5-12/h3,6-7,12H,1-2,4-5,8-11H2. The van der Waals surface area contributed by atoms with E-state index in [2.05, 4.69) is 4.98 Å². The van der Waals surface area contributed by atoms with E-state index in [-0.39, 0.29) is 18.1 Å². The number of rotatable bonds is 4. The molecule has 1 amide bonds. The third-order valence-electron chi connectivity index (χ3n) is 4.53. The van der Waals surface area contributed by atoms with Crippen molar-refractivity contribution in [2.75, 3.05) is 31.1 Å². The molecule has 1 aliphatic carbocycles.